The van der Waals surface area contributed by atoms with E-state index >= 15 is 0 Å². The molecule has 0 bridgehead atoms. The van der Waals surface area contributed by atoms with Gasteiger partial charge in [-0.3, -0.25) is 4.99 Å². The summed E-state index contributed by atoms with van der Waals surface area (Å²) in [6.45, 7) is 1.67. The summed E-state index contributed by atoms with van der Waals surface area (Å²) in [6, 6.07) is 0. The third-order valence-corrected chi connectivity index (χ3v) is 3.19. The van der Waals surface area contributed by atoms with Crippen LogP contribution in [0.25, 0.3) is 11.2 Å². The number of aromatic amines is 1. The molecule has 2 N–H and O–H groups in total. The fourth-order valence-electron chi connectivity index (χ4n) is 1.39. The minimum Gasteiger partial charge on any atom is -0.363 e. The second kappa shape index (κ2) is 5.07. The van der Waals surface area contributed by atoms with Crippen molar-refractivity contribution in [1.29, 1.82) is 0 Å². The summed E-state index contributed by atoms with van der Waals surface area (Å²) in [5.74, 6) is 0. The van der Waals surface area contributed by atoms with E-state index in [0.717, 1.165) is 28.8 Å². The molecule has 2 aromatic rings. The Bertz CT molecular complexity index is 568. The number of nitrogens with zero attached hydrogens (tertiary/aromatic N) is 4. The third kappa shape index (κ3) is 2.46. The topological polar surface area (TPSA) is 78.9 Å². The van der Waals surface area contributed by atoms with Crippen LogP contribution in [0.4, 0.5) is 0 Å². The molecular weight excluding hydrogens is 283 g/mol. The number of imidazole rings is 1. The average molecular weight is 291 g/mol. The molecule has 0 spiro atoms. The molecule has 0 saturated heterocycles. The molecule has 3 heterocycles. The minimum absolute atomic E-state index is 0. The van der Waals surface area contributed by atoms with Crippen LogP contribution in [-0.2, 0) is 0 Å². The van der Waals surface area contributed by atoms with Crippen molar-refractivity contribution in [1.82, 2.24) is 25.3 Å². The molecule has 0 unspecified atom stereocenters. The molecule has 17 heavy (non-hydrogen) atoms. The van der Waals surface area contributed by atoms with E-state index in [4.69, 9.17) is 11.6 Å². The lowest BCUT2D eigenvalue weighted by molar-refractivity contribution is 0.963. The van der Waals surface area contributed by atoms with Gasteiger partial charge < -0.3 is 10.3 Å². The molecule has 0 aliphatic carbocycles. The lowest BCUT2D eigenvalue weighted by Crippen LogP contribution is -2.15. The van der Waals surface area contributed by atoms with Gasteiger partial charge in [0.05, 0.1) is 12.9 Å². The number of hydrogen-bond acceptors (Lipinski definition) is 6. The number of halogens is 2. The maximum atomic E-state index is 5.82. The van der Waals surface area contributed by atoms with Crippen molar-refractivity contribution in [2.75, 3.05) is 13.1 Å². The van der Waals surface area contributed by atoms with Gasteiger partial charge >= 0.3 is 0 Å². The van der Waals surface area contributed by atoms with Gasteiger partial charge in [-0.25, -0.2) is 9.97 Å². The monoisotopic (exact) mass is 290 g/mol. The zero-order chi connectivity index (χ0) is 11.0. The second-order valence-corrected chi connectivity index (χ2v) is 4.43. The van der Waals surface area contributed by atoms with E-state index in [1.807, 2.05) is 0 Å². The van der Waals surface area contributed by atoms with Crippen LogP contribution in [0.3, 0.4) is 0 Å². The number of amidine groups is 1. The Morgan fingerprint density at radius 2 is 2.24 bits per heavy atom. The molecule has 0 radical (unpaired) electrons. The lowest BCUT2D eigenvalue weighted by Gasteiger charge is -2.02. The summed E-state index contributed by atoms with van der Waals surface area (Å²) in [5.41, 5.74) is 1.35. The van der Waals surface area contributed by atoms with Crippen LogP contribution in [0.5, 0.6) is 0 Å². The summed E-state index contributed by atoms with van der Waals surface area (Å²) in [6.07, 6.45) is 1.57. The summed E-state index contributed by atoms with van der Waals surface area (Å²) < 4.78 is 0. The standard InChI is InChI=1S/C8H7ClN6S.ClH/c9-7-14-5-4(12-3-13-5)6(15-7)16-8-10-1-2-11-8;/h3H,1-2H2,(H,10,11)(H,12,13,14,15);1H. The van der Waals surface area contributed by atoms with Crippen LogP contribution in [0.1, 0.15) is 0 Å². The van der Waals surface area contributed by atoms with Crippen molar-refractivity contribution in [3.05, 3.63) is 11.6 Å². The summed E-state index contributed by atoms with van der Waals surface area (Å²) in [4.78, 5) is 19.5. The average Bonchev–Trinajstić information content (AvgIpc) is 2.87. The Morgan fingerprint density at radius 3 is 3.00 bits per heavy atom. The van der Waals surface area contributed by atoms with Crippen molar-refractivity contribution in [2.45, 2.75) is 5.03 Å². The van der Waals surface area contributed by atoms with Crippen LogP contribution < -0.4 is 5.32 Å². The first-order chi connectivity index (χ1) is 7.83. The molecule has 0 saturated carbocycles. The predicted molar refractivity (Wildman–Crippen MR) is 70.1 cm³/mol. The predicted octanol–water partition coefficient (Wildman–Crippen LogP) is 1.48. The van der Waals surface area contributed by atoms with E-state index in [1.54, 1.807) is 6.33 Å². The van der Waals surface area contributed by atoms with Crippen LogP contribution in [0.2, 0.25) is 5.28 Å². The Kier molecular flexibility index (Phi) is 3.70. The van der Waals surface area contributed by atoms with Crippen LogP contribution in [0, 0.1) is 0 Å². The normalized spacial score (nSPS) is 14.3. The largest absolute Gasteiger partial charge is 0.363 e. The molecule has 0 aromatic carbocycles. The number of nitrogens with one attached hydrogen (secondary N) is 2. The van der Waals surface area contributed by atoms with Crippen LogP contribution in [-0.4, -0.2) is 38.2 Å². The highest BCUT2D eigenvalue weighted by Gasteiger charge is 2.14. The highest BCUT2D eigenvalue weighted by Crippen LogP contribution is 2.25. The van der Waals surface area contributed by atoms with Gasteiger partial charge in [0.25, 0.3) is 0 Å². The molecule has 3 rings (SSSR count). The highest BCUT2D eigenvalue weighted by molar-refractivity contribution is 8.14. The van der Waals surface area contributed by atoms with Gasteiger partial charge in [-0.05, 0) is 23.4 Å². The number of rotatable bonds is 1. The Hall–Kier alpha value is -1.05. The molecule has 6 nitrogen and oxygen atoms in total. The molecule has 0 fully saturated rings. The van der Waals surface area contributed by atoms with Gasteiger partial charge in [0.2, 0.25) is 5.28 Å². The number of thioether (sulfide) groups is 1. The van der Waals surface area contributed by atoms with Crippen LogP contribution >= 0.6 is 35.8 Å². The van der Waals surface area contributed by atoms with Gasteiger partial charge in [0.1, 0.15) is 10.5 Å². The maximum Gasteiger partial charge on any atom is 0.225 e. The maximum absolute atomic E-state index is 5.82. The fraction of sp³-hybridized carbons (Fsp3) is 0.250. The molecule has 2 aromatic heterocycles. The summed E-state index contributed by atoms with van der Waals surface area (Å²) in [7, 11) is 0. The van der Waals surface area contributed by atoms with Gasteiger partial charge in [0.15, 0.2) is 10.8 Å². The highest BCUT2D eigenvalue weighted by atomic mass is 35.5. The van der Waals surface area contributed by atoms with Gasteiger partial charge in [-0.1, -0.05) is 0 Å². The minimum atomic E-state index is 0. The molecule has 90 valence electrons. The first-order valence-corrected chi connectivity index (χ1v) is 5.85. The Morgan fingerprint density at radius 1 is 1.35 bits per heavy atom. The quantitative estimate of drug-likeness (QED) is 0.614. The SMILES string of the molecule is Cl.Clc1nc(SC2=NCCN2)c2[nH]cnc2n1. The number of aromatic nitrogens is 4. The van der Waals surface area contributed by atoms with E-state index in [9.17, 15) is 0 Å². The Labute approximate surface area is 112 Å². The first-order valence-electron chi connectivity index (χ1n) is 4.66. The van der Waals surface area contributed by atoms with E-state index in [1.165, 1.54) is 11.8 Å². The smallest absolute Gasteiger partial charge is 0.225 e. The first kappa shape index (κ1) is 12.4. The van der Waals surface area contributed by atoms with E-state index < -0.39 is 0 Å². The van der Waals surface area contributed by atoms with Crippen molar-refractivity contribution in [3.63, 3.8) is 0 Å². The summed E-state index contributed by atoms with van der Waals surface area (Å²) in [5, 5.41) is 4.94. The van der Waals surface area contributed by atoms with Crippen molar-refractivity contribution < 1.29 is 0 Å². The van der Waals surface area contributed by atoms with E-state index in [0.29, 0.717) is 5.65 Å². The van der Waals surface area contributed by atoms with Crippen molar-refractivity contribution in [2.24, 2.45) is 4.99 Å². The molecule has 1 aliphatic heterocycles. The van der Waals surface area contributed by atoms with Crippen LogP contribution in [0.15, 0.2) is 16.3 Å². The number of hydrogen-bond donors (Lipinski definition) is 2. The fourth-order valence-corrected chi connectivity index (χ4v) is 2.50. The van der Waals surface area contributed by atoms with Gasteiger partial charge in [-0.15, -0.1) is 12.4 Å². The molecule has 1 aliphatic rings. The zero-order valence-electron chi connectivity index (χ0n) is 8.47. The van der Waals surface area contributed by atoms with E-state index in [-0.39, 0.29) is 17.7 Å². The van der Waals surface area contributed by atoms with E-state index in [2.05, 4.69) is 30.2 Å². The summed E-state index contributed by atoms with van der Waals surface area (Å²) >= 11 is 7.25. The van der Waals surface area contributed by atoms with Crippen molar-refractivity contribution in [3.8, 4) is 0 Å². The number of aliphatic imine (C=N–C) groups is 1. The molecule has 0 atom stereocenters. The number of H-pyrrole nitrogens is 1. The second-order valence-electron chi connectivity index (χ2n) is 3.11. The molecular formula is C8H8Cl2N6S. The van der Waals surface area contributed by atoms with Gasteiger partial charge in [-0.2, -0.15) is 4.98 Å². The molecule has 9 heteroatoms. The number of fused-ring (bicyclic) bond motifs is 1. The zero-order valence-corrected chi connectivity index (χ0v) is 10.9. The third-order valence-electron chi connectivity index (χ3n) is 2.06. The lowest BCUT2D eigenvalue weighted by atomic mass is 10.6. The van der Waals surface area contributed by atoms with Crippen molar-refractivity contribution >= 4 is 52.1 Å². The molecule has 0 amide bonds. The van der Waals surface area contributed by atoms with Gasteiger partial charge in [0, 0.05) is 6.54 Å². The Balaban J connectivity index is 0.00000108.